The summed E-state index contributed by atoms with van der Waals surface area (Å²) in [5, 5.41) is 20.7. The van der Waals surface area contributed by atoms with Crippen LogP contribution in [0.5, 0.6) is 0 Å². The minimum Gasteiger partial charge on any atom is -0.390 e. The topological polar surface area (TPSA) is 78.5 Å². The van der Waals surface area contributed by atoms with Crippen molar-refractivity contribution in [3.8, 4) is 0 Å². The van der Waals surface area contributed by atoms with Gasteiger partial charge in [-0.2, -0.15) is 0 Å². The predicted molar refractivity (Wildman–Crippen MR) is 39.4 cm³/mol. The number of nitrogens with one attached hydrogen (secondary N) is 1. The zero-order valence-electron chi connectivity index (χ0n) is 6.46. The third-order valence-corrected chi connectivity index (χ3v) is 1.04. The highest BCUT2D eigenvalue weighted by Gasteiger charge is 2.12. The Morgan fingerprint density at radius 2 is 2.10 bits per heavy atom. The predicted octanol–water partition coefficient (Wildman–Crippen LogP) is -1.38. The fourth-order valence-corrected chi connectivity index (χ4v) is 0.451. The van der Waals surface area contributed by atoms with E-state index in [4.69, 9.17) is 15.9 Å². The summed E-state index contributed by atoms with van der Waals surface area (Å²) in [5.74, 6) is 0. The van der Waals surface area contributed by atoms with E-state index < -0.39 is 11.8 Å². The van der Waals surface area contributed by atoms with Gasteiger partial charge in [-0.15, -0.1) is 0 Å². The number of hydrogen-bond donors (Lipinski definition) is 4. The molecular formula is C6H16N2O2. The number of rotatable bonds is 4. The van der Waals surface area contributed by atoms with E-state index in [1.54, 1.807) is 13.8 Å². The Labute approximate surface area is 61.0 Å². The smallest absolute Gasteiger partial charge is 0.110 e. The Hall–Kier alpha value is -0.160. The first kappa shape index (κ1) is 9.84. The molecule has 0 aromatic heterocycles. The van der Waals surface area contributed by atoms with Gasteiger partial charge in [-0.25, -0.2) is 0 Å². The molecule has 0 bridgehead atoms. The molecule has 1 unspecified atom stereocenters. The van der Waals surface area contributed by atoms with Crippen LogP contribution in [0, 0.1) is 0 Å². The lowest BCUT2D eigenvalue weighted by molar-refractivity contribution is 0.0292. The molecule has 4 heteroatoms. The highest BCUT2D eigenvalue weighted by atomic mass is 16.3. The summed E-state index contributed by atoms with van der Waals surface area (Å²) >= 11 is 0. The fourth-order valence-electron chi connectivity index (χ4n) is 0.451. The number of aliphatic hydroxyl groups is 2. The van der Waals surface area contributed by atoms with Gasteiger partial charge in [-0.1, -0.05) is 0 Å². The molecular weight excluding hydrogens is 132 g/mol. The molecule has 0 saturated heterocycles. The van der Waals surface area contributed by atoms with E-state index in [-0.39, 0.29) is 6.54 Å². The quantitative estimate of drug-likeness (QED) is 0.371. The Bertz CT molecular complexity index is 90.2. The number of nitrogens with two attached hydrogens (primary N) is 1. The summed E-state index contributed by atoms with van der Waals surface area (Å²) in [7, 11) is 0. The van der Waals surface area contributed by atoms with Crippen LogP contribution in [0.25, 0.3) is 0 Å². The van der Waals surface area contributed by atoms with Crippen LogP contribution in [-0.2, 0) is 0 Å². The molecule has 4 nitrogen and oxygen atoms in total. The van der Waals surface area contributed by atoms with Crippen LogP contribution >= 0.6 is 0 Å². The average molecular weight is 148 g/mol. The highest BCUT2D eigenvalue weighted by Crippen LogP contribution is 1.93. The molecule has 0 radical (unpaired) electrons. The van der Waals surface area contributed by atoms with E-state index in [0.717, 1.165) is 0 Å². The second-order valence-electron chi connectivity index (χ2n) is 2.83. The Kier molecular flexibility index (Phi) is 3.81. The molecule has 5 N–H and O–H groups in total. The molecule has 0 fully saturated rings. The molecule has 0 aromatic carbocycles. The maximum Gasteiger partial charge on any atom is 0.110 e. The highest BCUT2D eigenvalue weighted by molar-refractivity contribution is 4.66. The first-order valence-electron chi connectivity index (χ1n) is 3.31. The molecule has 0 heterocycles. The van der Waals surface area contributed by atoms with Crippen molar-refractivity contribution in [3.63, 3.8) is 0 Å². The third kappa shape index (κ3) is 5.97. The van der Waals surface area contributed by atoms with E-state index in [2.05, 4.69) is 5.32 Å². The molecule has 0 aliphatic heterocycles. The normalized spacial score (nSPS) is 15.3. The second-order valence-corrected chi connectivity index (χ2v) is 2.83. The summed E-state index contributed by atoms with van der Waals surface area (Å²) in [5.41, 5.74) is 4.20. The number of aliphatic hydroxyl groups excluding tert-OH is 1. The van der Waals surface area contributed by atoms with Crippen LogP contribution in [-0.4, -0.2) is 35.1 Å². The van der Waals surface area contributed by atoms with Crippen LogP contribution in [0.15, 0.2) is 0 Å². The molecule has 10 heavy (non-hydrogen) atoms. The third-order valence-electron chi connectivity index (χ3n) is 1.04. The summed E-state index contributed by atoms with van der Waals surface area (Å²) in [6.07, 6.45) is -0.577. The Morgan fingerprint density at radius 1 is 1.60 bits per heavy atom. The van der Waals surface area contributed by atoms with Crippen LogP contribution < -0.4 is 11.1 Å². The van der Waals surface area contributed by atoms with Crippen molar-refractivity contribution in [2.24, 2.45) is 5.73 Å². The summed E-state index contributed by atoms with van der Waals surface area (Å²) in [6, 6.07) is 0. The minimum atomic E-state index is -0.934. The van der Waals surface area contributed by atoms with Crippen molar-refractivity contribution in [1.29, 1.82) is 0 Å². The molecule has 0 aliphatic rings. The average Bonchev–Trinajstić information content (AvgIpc) is 1.81. The molecule has 0 amide bonds. The van der Waals surface area contributed by atoms with Crippen molar-refractivity contribution < 1.29 is 10.2 Å². The minimum absolute atomic E-state index is 0.211. The fraction of sp³-hybridized carbons (Fsp3) is 1.00. The number of hydrogen-bond acceptors (Lipinski definition) is 4. The largest absolute Gasteiger partial charge is 0.390 e. The van der Waals surface area contributed by atoms with Gasteiger partial charge in [0.2, 0.25) is 0 Å². The van der Waals surface area contributed by atoms with Crippen LogP contribution in [0.4, 0.5) is 0 Å². The first-order valence-corrected chi connectivity index (χ1v) is 3.31. The van der Waals surface area contributed by atoms with E-state index in [1.807, 2.05) is 0 Å². The first-order chi connectivity index (χ1) is 4.45. The lowest BCUT2D eigenvalue weighted by Gasteiger charge is -2.20. The molecule has 62 valence electrons. The van der Waals surface area contributed by atoms with Gasteiger partial charge >= 0.3 is 0 Å². The lowest BCUT2D eigenvalue weighted by atomic mass is 10.3. The molecule has 0 rings (SSSR count). The van der Waals surface area contributed by atoms with Gasteiger partial charge in [-0.3, -0.25) is 5.32 Å². The van der Waals surface area contributed by atoms with Crippen molar-refractivity contribution in [1.82, 2.24) is 5.32 Å². The van der Waals surface area contributed by atoms with E-state index in [9.17, 15) is 0 Å². The molecule has 0 spiro atoms. The zero-order valence-corrected chi connectivity index (χ0v) is 6.46. The van der Waals surface area contributed by atoms with E-state index >= 15 is 0 Å². The van der Waals surface area contributed by atoms with Gasteiger partial charge in [0.05, 0.1) is 6.10 Å². The van der Waals surface area contributed by atoms with Crippen molar-refractivity contribution in [2.75, 3.05) is 13.1 Å². The molecule has 0 aliphatic carbocycles. The van der Waals surface area contributed by atoms with Gasteiger partial charge in [0.1, 0.15) is 5.72 Å². The van der Waals surface area contributed by atoms with Crippen LogP contribution in [0.2, 0.25) is 0 Å². The van der Waals surface area contributed by atoms with Gasteiger partial charge < -0.3 is 15.9 Å². The van der Waals surface area contributed by atoms with Gasteiger partial charge in [0.15, 0.2) is 0 Å². The van der Waals surface area contributed by atoms with Gasteiger partial charge in [-0.05, 0) is 13.8 Å². The maximum atomic E-state index is 9.10. The zero-order chi connectivity index (χ0) is 8.20. The maximum absolute atomic E-state index is 9.10. The van der Waals surface area contributed by atoms with Crippen molar-refractivity contribution >= 4 is 0 Å². The molecule has 1 atom stereocenters. The van der Waals surface area contributed by atoms with Gasteiger partial charge in [0.25, 0.3) is 0 Å². The van der Waals surface area contributed by atoms with E-state index in [1.165, 1.54) is 0 Å². The van der Waals surface area contributed by atoms with Gasteiger partial charge in [0, 0.05) is 13.1 Å². The standard InChI is InChI=1S/C6H16N2O2/c1-6(2,10)8-4-5(9)3-7/h5,8-10H,3-4,7H2,1-2H3. The summed E-state index contributed by atoms with van der Waals surface area (Å²) in [6.45, 7) is 3.75. The summed E-state index contributed by atoms with van der Waals surface area (Å²) in [4.78, 5) is 0. The molecule has 0 aromatic rings. The van der Waals surface area contributed by atoms with Crippen molar-refractivity contribution in [2.45, 2.75) is 25.7 Å². The lowest BCUT2D eigenvalue weighted by Crippen LogP contribution is -2.44. The van der Waals surface area contributed by atoms with E-state index in [0.29, 0.717) is 6.54 Å². The Balaban J connectivity index is 3.36. The summed E-state index contributed by atoms with van der Waals surface area (Å²) < 4.78 is 0. The Morgan fingerprint density at radius 3 is 2.40 bits per heavy atom. The van der Waals surface area contributed by atoms with Crippen LogP contribution in [0.3, 0.4) is 0 Å². The van der Waals surface area contributed by atoms with Crippen LogP contribution in [0.1, 0.15) is 13.8 Å². The SMILES string of the molecule is CC(C)(O)NCC(O)CN. The second kappa shape index (κ2) is 3.88. The molecule has 0 saturated carbocycles. The van der Waals surface area contributed by atoms with Crippen molar-refractivity contribution in [3.05, 3.63) is 0 Å². The monoisotopic (exact) mass is 148 g/mol.